The molecular weight excluding hydrogens is 437 g/mol. The zero-order valence-electron chi connectivity index (χ0n) is 18.1. The molecule has 0 fully saturated rings. The molecule has 0 saturated carbocycles. The fraction of sp³-hybridized carbons (Fsp3) is 0.0400. The maximum atomic E-state index is 13.0. The lowest BCUT2D eigenvalue weighted by Gasteiger charge is -2.04. The third-order valence-corrected chi connectivity index (χ3v) is 4.80. The summed E-state index contributed by atoms with van der Waals surface area (Å²) in [4.78, 5) is 24.2. The smallest absolute Gasteiger partial charge is 0.329 e. The molecule has 0 bridgehead atoms. The van der Waals surface area contributed by atoms with Gasteiger partial charge in [0.1, 0.15) is 17.3 Å². The van der Waals surface area contributed by atoms with Crippen LogP contribution in [0.3, 0.4) is 0 Å². The van der Waals surface area contributed by atoms with Gasteiger partial charge in [0.2, 0.25) is 0 Å². The summed E-state index contributed by atoms with van der Waals surface area (Å²) in [6.45, 7) is 0. The highest BCUT2D eigenvalue weighted by molar-refractivity contribution is 6.39. The number of hydrazone groups is 1. The topological polar surface area (TPSA) is 97.6 Å². The molecule has 0 aliphatic carbocycles. The van der Waals surface area contributed by atoms with Crippen LogP contribution in [0, 0.1) is 5.82 Å². The maximum Gasteiger partial charge on any atom is 0.329 e. The number of carbonyl (C=O) groups is 2. The zero-order valence-corrected chi connectivity index (χ0v) is 18.1. The number of halogens is 1. The summed E-state index contributed by atoms with van der Waals surface area (Å²) in [6.07, 6.45) is 3.18. The van der Waals surface area contributed by atoms with E-state index in [2.05, 4.69) is 20.9 Å². The number of anilines is 1. The van der Waals surface area contributed by atoms with Crippen LogP contribution in [-0.4, -0.2) is 34.9 Å². The van der Waals surface area contributed by atoms with Gasteiger partial charge in [-0.15, -0.1) is 0 Å². The number of hydrogen-bond donors (Lipinski definition) is 2. The first kappa shape index (κ1) is 22.4. The van der Waals surface area contributed by atoms with Crippen molar-refractivity contribution in [3.8, 4) is 22.7 Å². The molecule has 3 aromatic carbocycles. The van der Waals surface area contributed by atoms with Crippen LogP contribution in [-0.2, 0) is 9.59 Å². The first-order chi connectivity index (χ1) is 16.5. The van der Waals surface area contributed by atoms with E-state index in [1.54, 1.807) is 18.0 Å². The highest BCUT2D eigenvalue weighted by Crippen LogP contribution is 2.25. The fourth-order valence-corrected chi connectivity index (χ4v) is 3.10. The zero-order chi connectivity index (χ0) is 23.9. The van der Waals surface area contributed by atoms with Gasteiger partial charge in [-0.2, -0.15) is 10.2 Å². The Morgan fingerprint density at radius 3 is 2.35 bits per heavy atom. The normalized spacial score (nSPS) is 10.8. The van der Waals surface area contributed by atoms with E-state index in [0.29, 0.717) is 17.0 Å². The first-order valence-corrected chi connectivity index (χ1v) is 10.2. The van der Waals surface area contributed by atoms with Gasteiger partial charge in [0.25, 0.3) is 0 Å². The van der Waals surface area contributed by atoms with E-state index in [4.69, 9.17) is 4.74 Å². The van der Waals surface area contributed by atoms with Gasteiger partial charge in [-0.1, -0.05) is 18.2 Å². The molecule has 0 unspecified atom stereocenters. The second-order valence-corrected chi connectivity index (χ2v) is 7.10. The molecule has 4 rings (SSSR count). The summed E-state index contributed by atoms with van der Waals surface area (Å²) in [7, 11) is 1.59. The van der Waals surface area contributed by atoms with Gasteiger partial charge in [-0.25, -0.2) is 14.5 Å². The Morgan fingerprint density at radius 1 is 0.971 bits per heavy atom. The molecule has 0 saturated heterocycles. The van der Waals surface area contributed by atoms with E-state index in [0.717, 1.165) is 11.3 Å². The average molecular weight is 457 g/mol. The molecule has 2 amide bonds. The van der Waals surface area contributed by atoms with Crippen LogP contribution in [0.1, 0.15) is 5.56 Å². The van der Waals surface area contributed by atoms with Crippen LogP contribution in [0.5, 0.6) is 5.75 Å². The van der Waals surface area contributed by atoms with Gasteiger partial charge < -0.3 is 10.1 Å². The minimum absolute atomic E-state index is 0.288. The molecule has 0 aliphatic heterocycles. The van der Waals surface area contributed by atoms with Crippen molar-refractivity contribution in [3.05, 3.63) is 96.4 Å². The monoisotopic (exact) mass is 457 g/mol. The lowest BCUT2D eigenvalue weighted by molar-refractivity contribution is -0.136. The Labute approximate surface area is 194 Å². The number of nitrogens with one attached hydrogen (secondary N) is 2. The van der Waals surface area contributed by atoms with Gasteiger partial charge in [0, 0.05) is 23.0 Å². The Morgan fingerprint density at radius 2 is 1.68 bits per heavy atom. The molecule has 0 radical (unpaired) electrons. The molecular formula is C25H20FN5O3. The van der Waals surface area contributed by atoms with Crippen LogP contribution in [0.4, 0.5) is 10.1 Å². The highest BCUT2D eigenvalue weighted by atomic mass is 19.1. The van der Waals surface area contributed by atoms with Gasteiger partial charge in [-0.3, -0.25) is 9.59 Å². The minimum Gasteiger partial charge on any atom is -0.497 e. The largest absolute Gasteiger partial charge is 0.497 e. The lowest BCUT2D eigenvalue weighted by atomic mass is 10.1. The molecule has 1 heterocycles. The van der Waals surface area contributed by atoms with Crippen LogP contribution in [0.2, 0.25) is 0 Å². The standard InChI is InChI=1S/C25H20FN5O3/c1-34-22-13-7-17(8-14-22)23-18(16-31(30-23)21-5-3-2-4-6-21)15-27-29-25(33)24(32)28-20-11-9-19(26)10-12-20/h2-16H,1H3,(H,28,32)(H,29,33)/b27-15-. The first-order valence-electron chi connectivity index (χ1n) is 10.2. The number of benzene rings is 3. The van der Waals surface area contributed by atoms with E-state index >= 15 is 0 Å². The number of para-hydroxylation sites is 1. The minimum atomic E-state index is -0.970. The Bertz CT molecular complexity index is 1320. The van der Waals surface area contributed by atoms with Crippen molar-refractivity contribution in [3.63, 3.8) is 0 Å². The van der Waals surface area contributed by atoms with E-state index in [-0.39, 0.29) is 5.69 Å². The SMILES string of the molecule is COc1ccc(-c2nn(-c3ccccc3)cc2/C=N\NC(=O)C(=O)Nc2ccc(F)cc2)cc1. The van der Waals surface area contributed by atoms with Gasteiger partial charge in [0.15, 0.2) is 0 Å². The van der Waals surface area contributed by atoms with Crippen molar-refractivity contribution in [1.29, 1.82) is 0 Å². The summed E-state index contributed by atoms with van der Waals surface area (Å²) in [6, 6.07) is 21.9. The van der Waals surface area contributed by atoms with Crippen molar-refractivity contribution < 1.29 is 18.7 Å². The Balaban J connectivity index is 1.53. The summed E-state index contributed by atoms with van der Waals surface area (Å²) < 4.78 is 19.9. The predicted molar refractivity (Wildman–Crippen MR) is 126 cm³/mol. The number of methoxy groups -OCH3 is 1. The molecule has 4 aromatic rings. The summed E-state index contributed by atoms with van der Waals surface area (Å²) in [5.74, 6) is -1.64. The maximum absolute atomic E-state index is 13.0. The lowest BCUT2D eigenvalue weighted by Crippen LogP contribution is -2.32. The third kappa shape index (κ3) is 5.33. The number of nitrogens with zero attached hydrogens (tertiary/aromatic N) is 3. The molecule has 8 nitrogen and oxygen atoms in total. The van der Waals surface area contributed by atoms with Crippen molar-refractivity contribution in [2.75, 3.05) is 12.4 Å². The van der Waals surface area contributed by atoms with Crippen molar-refractivity contribution in [2.24, 2.45) is 5.10 Å². The highest BCUT2D eigenvalue weighted by Gasteiger charge is 2.14. The number of aromatic nitrogens is 2. The predicted octanol–water partition coefficient (Wildman–Crippen LogP) is 3.78. The second kappa shape index (κ2) is 10.2. The van der Waals surface area contributed by atoms with Crippen LogP contribution in [0.25, 0.3) is 16.9 Å². The number of rotatable bonds is 6. The molecule has 0 spiro atoms. The van der Waals surface area contributed by atoms with Crippen molar-refractivity contribution in [1.82, 2.24) is 15.2 Å². The fourth-order valence-electron chi connectivity index (χ4n) is 3.10. The van der Waals surface area contributed by atoms with Crippen molar-refractivity contribution >= 4 is 23.7 Å². The molecule has 0 atom stereocenters. The molecule has 9 heteroatoms. The van der Waals surface area contributed by atoms with E-state index < -0.39 is 17.6 Å². The molecule has 170 valence electrons. The molecule has 0 aliphatic rings. The Kier molecular flexibility index (Phi) is 6.73. The summed E-state index contributed by atoms with van der Waals surface area (Å²) in [5.41, 5.74) is 5.39. The molecule has 2 N–H and O–H groups in total. The van der Waals surface area contributed by atoms with Crippen LogP contribution in [0.15, 0.2) is 90.2 Å². The quantitative estimate of drug-likeness (QED) is 0.262. The van der Waals surface area contributed by atoms with Gasteiger partial charge in [-0.05, 0) is 60.7 Å². The van der Waals surface area contributed by atoms with Gasteiger partial charge >= 0.3 is 11.8 Å². The number of carbonyl (C=O) groups excluding carboxylic acids is 2. The third-order valence-electron chi connectivity index (χ3n) is 4.80. The van der Waals surface area contributed by atoms with E-state index in [1.165, 1.54) is 30.5 Å². The summed E-state index contributed by atoms with van der Waals surface area (Å²) in [5, 5.41) is 11.0. The van der Waals surface area contributed by atoms with E-state index in [1.807, 2.05) is 54.6 Å². The number of amides is 2. The van der Waals surface area contributed by atoms with Crippen molar-refractivity contribution in [2.45, 2.75) is 0 Å². The average Bonchev–Trinajstić information content (AvgIpc) is 3.30. The van der Waals surface area contributed by atoms with E-state index in [9.17, 15) is 14.0 Å². The second-order valence-electron chi connectivity index (χ2n) is 7.10. The Hall–Kier alpha value is -4.79. The number of hydrogen-bond acceptors (Lipinski definition) is 5. The van der Waals surface area contributed by atoms with Crippen LogP contribution >= 0.6 is 0 Å². The van der Waals surface area contributed by atoms with Gasteiger partial charge in [0.05, 0.1) is 19.0 Å². The molecule has 34 heavy (non-hydrogen) atoms. The summed E-state index contributed by atoms with van der Waals surface area (Å²) >= 11 is 0. The molecule has 1 aromatic heterocycles. The van der Waals surface area contributed by atoms with Crippen LogP contribution < -0.4 is 15.5 Å². The number of ether oxygens (including phenoxy) is 1.